The zero-order chi connectivity index (χ0) is 34.6. The second-order valence-electron chi connectivity index (χ2n) is 10.2. The van der Waals surface area contributed by atoms with Crippen LogP contribution in [0, 0.1) is 0 Å². The molecule has 1 atom stereocenters. The van der Waals surface area contributed by atoms with E-state index in [-0.39, 0.29) is 11.6 Å². The molecule has 0 aliphatic rings. The van der Waals surface area contributed by atoms with Crippen molar-refractivity contribution in [3.63, 3.8) is 0 Å². The molecule has 4 aromatic carbocycles. The maximum atomic E-state index is 13.7. The maximum Gasteiger partial charge on any atom is 0.272 e. The minimum absolute atomic E-state index is 0.00293. The molecule has 1 unspecified atom stereocenters. The smallest absolute Gasteiger partial charge is 0.272 e. The normalized spacial score (nSPS) is 11.7. The number of amides is 3. The van der Waals surface area contributed by atoms with Crippen LogP contribution in [0.4, 0.5) is 10.8 Å². The van der Waals surface area contributed by atoms with Gasteiger partial charge in [0.15, 0.2) is 11.5 Å². The number of hydrogen-bond acceptors (Lipinski definition) is 10. The van der Waals surface area contributed by atoms with Gasteiger partial charge in [-0.3, -0.25) is 19.7 Å². The summed E-state index contributed by atoms with van der Waals surface area (Å²) in [6, 6.07) is 30.5. The van der Waals surface area contributed by atoms with Gasteiger partial charge in [-0.1, -0.05) is 79.3 Å². The van der Waals surface area contributed by atoms with E-state index in [1.54, 1.807) is 60.7 Å². The third-order valence-corrected chi connectivity index (χ3v) is 9.62. The highest BCUT2D eigenvalue weighted by atomic mass is 32.2. The van der Waals surface area contributed by atoms with Crippen LogP contribution in [-0.4, -0.2) is 47.1 Å². The molecule has 0 saturated heterocycles. The molecule has 10 nitrogen and oxygen atoms in total. The van der Waals surface area contributed by atoms with Gasteiger partial charge in [0.25, 0.3) is 11.8 Å². The first kappa shape index (κ1) is 35.2. The molecule has 0 radical (unpaired) electrons. The summed E-state index contributed by atoms with van der Waals surface area (Å²) in [5, 5.41) is 9.01. The van der Waals surface area contributed by atoms with E-state index in [1.165, 1.54) is 43.8 Å². The number of carbonyl (C=O) groups is 3. The third-order valence-electron chi connectivity index (χ3n) is 6.88. The number of nitrogens with zero attached hydrogens (tertiary/aromatic N) is 2. The summed E-state index contributed by atoms with van der Waals surface area (Å²) in [5.41, 5.74) is 2.24. The lowest BCUT2D eigenvalue weighted by Crippen LogP contribution is -2.30. The van der Waals surface area contributed by atoms with Crippen molar-refractivity contribution in [2.45, 2.75) is 22.2 Å². The van der Waals surface area contributed by atoms with E-state index in [9.17, 15) is 14.4 Å². The highest BCUT2D eigenvalue weighted by Gasteiger charge is 2.24. The van der Waals surface area contributed by atoms with Crippen molar-refractivity contribution in [3.05, 3.63) is 126 Å². The van der Waals surface area contributed by atoms with Crippen LogP contribution in [0.25, 0.3) is 6.08 Å². The van der Waals surface area contributed by atoms with Crippen LogP contribution in [0.5, 0.6) is 11.5 Å². The van der Waals surface area contributed by atoms with Crippen molar-refractivity contribution in [2.75, 3.05) is 30.6 Å². The molecule has 0 aliphatic carbocycles. The van der Waals surface area contributed by atoms with Crippen molar-refractivity contribution < 1.29 is 23.9 Å². The summed E-state index contributed by atoms with van der Waals surface area (Å²) in [6.07, 6.45) is 1.53. The van der Waals surface area contributed by atoms with Gasteiger partial charge in [0.2, 0.25) is 16.2 Å². The Kier molecular flexibility index (Phi) is 12.5. The van der Waals surface area contributed by atoms with E-state index in [2.05, 4.69) is 25.3 Å². The molecule has 1 heterocycles. The SMILES string of the molecule is CCSc1nsc(NC(=O)C(Sc2ccc(NC(=O)/C(=C/c3cccc(OC)c3OC)NC(=O)c3ccccc3)cc2)c2ccccc2)n1. The van der Waals surface area contributed by atoms with E-state index in [0.29, 0.717) is 38.6 Å². The topological polar surface area (TPSA) is 132 Å². The van der Waals surface area contributed by atoms with Gasteiger partial charge in [-0.25, -0.2) is 0 Å². The zero-order valence-corrected chi connectivity index (χ0v) is 29.3. The van der Waals surface area contributed by atoms with Gasteiger partial charge in [-0.15, -0.1) is 11.8 Å². The summed E-state index contributed by atoms with van der Waals surface area (Å²) < 4.78 is 15.2. The first-order valence-corrected chi connectivity index (χ1v) is 17.7. The summed E-state index contributed by atoms with van der Waals surface area (Å²) in [5.74, 6) is 0.497. The Hall–Kier alpha value is -5.11. The molecule has 3 amide bonds. The molecular formula is C36H33N5O5S3. The number of nitrogens with one attached hydrogen (secondary N) is 3. The molecule has 13 heteroatoms. The van der Waals surface area contributed by atoms with Crippen LogP contribution in [-0.2, 0) is 9.59 Å². The van der Waals surface area contributed by atoms with Gasteiger partial charge in [-0.05, 0) is 59.9 Å². The largest absolute Gasteiger partial charge is 0.493 e. The summed E-state index contributed by atoms with van der Waals surface area (Å²) in [7, 11) is 3.02. The molecule has 0 aliphatic heterocycles. The molecule has 0 spiro atoms. The van der Waals surface area contributed by atoms with Gasteiger partial charge in [-0.2, -0.15) is 9.36 Å². The average molecular weight is 712 g/mol. The molecular weight excluding hydrogens is 679 g/mol. The van der Waals surface area contributed by atoms with Crippen LogP contribution >= 0.6 is 35.1 Å². The number of carbonyl (C=O) groups excluding carboxylic acids is 3. The zero-order valence-electron chi connectivity index (χ0n) is 26.8. The number of rotatable bonds is 14. The Morgan fingerprint density at radius 1 is 0.857 bits per heavy atom. The fraction of sp³-hybridized carbons (Fsp3) is 0.139. The van der Waals surface area contributed by atoms with Gasteiger partial charge >= 0.3 is 0 Å². The number of aromatic nitrogens is 2. The first-order chi connectivity index (χ1) is 23.9. The Balaban J connectivity index is 1.35. The first-order valence-electron chi connectivity index (χ1n) is 15.1. The quantitative estimate of drug-likeness (QED) is 0.0790. The van der Waals surface area contributed by atoms with E-state index >= 15 is 0 Å². The number of ether oxygens (including phenoxy) is 2. The minimum atomic E-state index is -0.576. The average Bonchev–Trinajstić information content (AvgIpc) is 3.57. The van der Waals surface area contributed by atoms with Gasteiger partial charge in [0.1, 0.15) is 10.9 Å². The predicted octanol–water partition coefficient (Wildman–Crippen LogP) is 7.55. The molecule has 49 heavy (non-hydrogen) atoms. The highest BCUT2D eigenvalue weighted by molar-refractivity contribution is 8.00. The molecule has 0 saturated carbocycles. The summed E-state index contributed by atoms with van der Waals surface area (Å²) >= 11 is 4.02. The van der Waals surface area contributed by atoms with E-state index in [0.717, 1.165) is 27.7 Å². The maximum absolute atomic E-state index is 13.7. The third kappa shape index (κ3) is 9.50. The number of anilines is 2. The van der Waals surface area contributed by atoms with Crippen molar-refractivity contribution in [1.82, 2.24) is 14.7 Å². The Labute approximate surface area is 296 Å². The second-order valence-corrected chi connectivity index (χ2v) is 13.3. The Morgan fingerprint density at radius 3 is 2.24 bits per heavy atom. The van der Waals surface area contributed by atoms with Crippen molar-refractivity contribution >= 4 is 69.7 Å². The van der Waals surface area contributed by atoms with Crippen LogP contribution in [0.3, 0.4) is 0 Å². The second kappa shape index (κ2) is 17.3. The van der Waals surface area contributed by atoms with Crippen molar-refractivity contribution in [2.24, 2.45) is 0 Å². The minimum Gasteiger partial charge on any atom is -0.493 e. The van der Waals surface area contributed by atoms with Crippen LogP contribution < -0.4 is 25.4 Å². The van der Waals surface area contributed by atoms with Gasteiger partial charge < -0.3 is 20.1 Å². The predicted molar refractivity (Wildman–Crippen MR) is 196 cm³/mol. The number of benzene rings is 4. The van der Waals surface area contributed by atoms with Crippen molar-refractivity contribution in [3.8, 4) is 11.5 Å². The molecule has 0 fully saturated rings. The number of para-hydroxylation sites is 1. The van der Waals surface area contributed by atoms with Gasteiger partial charge in [0, 0.05) is 33.2 Å². The van der Waals surface area contributed by atoms with Crippen LogP contribution in [0.1, 0.15) is 33.7 Å². The standard InChI is InChI=1S/C36H33N5O5S3/c1-4-47-36-40-35(49-41-36)39-34(44)31(23-12-7-5-8-13-23)48-27-20-18-26(19-21-27)37-33(43)28(38-32(42)24-14-9-6-10-15-24)22-25-16-11-17-29(45-2)30(25)46-3/h5-22,31H,4H2,1-3H3,(H,37,43)(H,38,42)(H,39,40,41,44)/b28-22-. The number of thioether (sulfide) groups is 2. The van der Waals surface area contributed by atoms with Crippen LogP contribution in [0.15, 0.2) is 119 Å². The van der Waals surface area contributed by atoms with E-state index in [4.69, 9.17) is 9.47 Å². The molecule has 1 aromatic heterocycles. The lowest BCUT2D eigenvalue weighted by molar-refractivity contribution is -0.116. The number of hydrogen-bond donors (Lipinski definition) is 3. The molecule has 3 N–H and O–H groups in total. The molecule has 0 bridgehead atoms. The monoisotopic (exact) mass is 711 g/mol. The molecule has 5 rings (SSSR count). The van der Waals surface area contributed by atoms with E-state index in [1.807, 2.05) is 49.4 Å². The Morgan fingerprint density at radius 2 is 1.57 bits per heavy atom. The molecule has 250 valence electrons. The van der Waals surface area contributed by atoms with Crippen LogP contribution in [0.2, 0.25) is 0 Å². The highest BCUT2D eigenvalue weighted by Crippen LogP contribution is 2.37. The summed E-state index contributed by atoms with van der Waals surface area (Å²) in [6.45, 7) is 2.02. The lowest BCUT2D eigenvalue weighted by Gasteiger charge is -2.17. The Bertz CT molecular complexity index is 1920. The summed E-state index contributed by atoms with van der Waals surface area (Å²) in [4.78, 5) is 45.5. The fourth-order valence-electron chi connectivity index (χ4n) is 4.60. The fourth-order valence-corrected chi connectivity index (χ4v) is 6.89. The lowest BCUT2D eigenvalue weighted by atomic mass is 10.1. The number of methoxy groups -OCH3 is 2. The molecule has 5 aromatic rings. The van der Waals surface area contributed by atoms with Crippen molar-refractivity contribution in [1.29, 1.82) is 0 Å². The van der Waals surface area contributed by atoms with E-state index < -0.39 is 17.1 Å². The van der Waals surface area contributed by atoms with Gasteiger partial charge in [0.05, 0.1) is 14.2 Å².